The van der Waals surface area contributed by atoms with Gasteiger partial charge in [0, 0.05) is 59.6 Å². The molecule has 14 heteroatoms. The number of aromatic hydroxyl groups is 2. The summed E-state index contributed by atoms with van der Waals surface area (Å²) in [6.45, 7) is 2.17. The summed E-state index contributed by atoms with van der Waals surface area (Å²) in [7, 11) is 2.88. The average molecular weight is 680 g/mol. The van der Waals surface area contributed by atoms with Gasteiger partial charge in [0.1, 0.15) is 11.4 Å². The summed E-state index contributed by atoms with van der Waals surface area (Å²) in [6, 6.07) is 8.39. The van der Waals surface area contributed by atoms with Gasteiger partial charge < -0.3 is 44.4 Å². The van der Waals surface area contributed by atoms with Gasteiger partial charge in [0.25, 0.3) is 11.8 Å². The number of carbonyl (C=O) groups is 4. The number of benzene rings is 2. The summed E-state index contributed by atoms with van der Waals surface area (Å²) in [5.74, 6) is -0.747. The van der Waals surface area contributed by atoms with Gasteiger partial charge in [-0.1, -0.05) is 0 Å². The van der Waals surface area contributed by atoms with Crippen LogP contribution in [0.4, 0.5) is 5.69 Å². The maximum Gasteiger partial charge on any atom is 0.274 e. The molecular formula is C35H29N5O8S. The van der Waals surface area contributed by atoms with Gasteiger partial charge in [-0.25, -0.2) is 0 Å². The van der Waals surface area contributed by atoms with Crippen LogP contribution in [-0.2, 0) is 16.6 Å². The molecule has 2 fully saturated rings. The fraction of sp³-hybridized carbons (Fsp3) is 0.257. The van der Waals surface area contributed by atoms with Crippen molar-refractivity contribution in [3.8, 4) is 23.0 Å². The van der Waals surface area contributed by atoms with Gasteiger partial charge in [0.15, 0.2) is 28.1 Å². The van der Waals surface area contributed by atoms with Crippen molar-refractivity contribution < 1.29 is 38.9 Å². The number of likely N-dealkylation sites (tertiary alicyclic amines) is 1. The third-order valence-electron chi connectivity index (χ3n) is 10.3. The number of nitrogens with zero attached hydrogens (tertiary/aromatic N) is 2. The second-order valence-corrected chi connectivity index (χ2v) is 14.1. The van der Waals surface area contributed by atoms with Crippen molar-refractivity contribution in [3.05, 3.63) is 70.3 Å². The number of thioether (sulfide) groups is 1. The molecule has 5 N–H and O–H groups in total. The molecule has 49 heavy (non-hydrogen) atoms. The van der Waals surface area contributed by atoms with E-state index in [2.05, 4.69) is 15.0 Å². The van der Waals surface area contributed by atoms with E-state index in [0.717, 1.165) is 29.1 Å². The van der Waals surface area contributed by atoms with Crippen LogP contribution in [0, 0.1) is 5.92 Å². The second kappa shape index (κ2) is 9.95. The number of ether oxygens (including phenoxy) is 2. The molecular weight excluding hydrogens is 650 g/mol. The molecule has 2 amide bonds. The van der Waals surface area contributed by atoms with Gasteiger partial charge in [0.05, 0.1) is 36.1 Å². The first-order valence-electron chi connectivity index (χ1n) is 15.7. The highest BCUT2D eigenvalue weighted by molar-refractivity contribution is 8.13. The van der Waals surface area contributed by atoms with Gasteiger partial charge in [-0.15, -0.1) is 0 Å². The van der Waals surface area contributed by atoms with Gasteiger partial charge >= 0.3 is 0 Å². The lowest BCUT2D eigenvalue weighted by molar-refractivity contribution is -0.109. The van der Waals surface area contributed by atoms with Crippen LogP contribution in [-0.4, -0.2) is 80.1 Å². The molecule has 4 aliphatic rings. The van der Waals surface area contributed by atoms with E-state index in [1.807, 2.05) is 6.07 Å². The number of aromatic nitrogens is 3. The van der Waals surface area contributed by atoms with Crippen molar-refractivity contribution in [2.75, 3.05) is 32.2 Å². The molecule has 13 nitrogen and oxygen atoms in total. The Morgan fingerprint density at radius 3 is 2.51 bits per heavy atom. The van der Waals surface area contributed by atoms with Crippen molar-refractivity contribution in [2.45, 2.75) is 30.2 Å². The first-order valence-corrected chi connectivity index (χ1v) is 16.5. The lowest BCUT2D eigenvalue weighted by Crippen LogP contribution is -2.33. The first kappa shape index (κ1) is 29.5. The quantitative estimate of drug-likeness (QED) is 0.164. The molecule has 0 radical (unpaired) electrons. The number of ketones is 1. The number of rotatable bonds is 5. The first-order chi connectivity index (χ1) is 23.5. The van der Waals surface area contributed by atoms with E-state index in [-0.39, 0.29) is 52.2 Å². The number of hydrogen-bond donors (Lipinski definition) is 5. The van der Waals surface area contributed by atoms with Crippen LogP contribution in [0.25, 0.3) is 21.8 Å². The number of aromatic amines is 3. The fourth-order valence-corrected chi connectivity index (χ4v) is 8.79. The number of amides is 2. The van der Waals surface area contributed by atoms with Crippen molar-refractivity contribution >= 4 is 62.0 Å². The van der Waals surface area contributed by atoms with Gasteiger partial charge in [-0.05, 0) is 65.9 Å². The number of methoxy groups -OCH3 is 2. The number of H-pyrrole nitrogens is 3. The Hall–Kier alpha value is -5.63. The van der Waals surface area contributed by atoms with E-state index in [4.69, 9.17) is 9.47 Å². The molecule has 1 saturated carbocycles. The number of hydrogen-bond acceptors (Lipinski definition) is 9. The molecule has 1 saturated heterocycles. The summed E-state index contributed by atoms with van der Waals surface area (Å²) in [4.78, 5) is 65.8. The zero-order valence-corrected chi connectivity index (χ0v) is 27.3. The standard InChI is InChI=1S/C35H29N5O8S/c1-14(41)49-27-8-18-17-4-5-39(30(17)31(44)32(48-3)28(18)38-27)33(45)22-9-19-29(37-22)24(43)11-26-35(19)12-16(35)13-40(26)34(46)21-6-15-7-25(47-2)23(42)10-20(15)36-21/h6-11,16,36-38,42,44H,4-5,12-13H2,1-3H3. The molecule has 1 spiro atoms. The van der Waals surface area contributed by atoms with E-state index in [9.17, 15) is 29.4 Å². The number of phenolic OH excluding ortho intramolecular Hbond substituents is 2. The number of carbonyl (C=O) groups excluding carboxylic acids is 4. The Labute approximate surface area is 281 Å². The van der Waals surface area contributed by atoms with Crippen LogP contribution in [0.2, 0.25) is 0 Å². The summed E-state index contributed by atoms with van der Waals surface area (Å²) in [5, 5.41) is 23.5. The number of phenols is 2. The number of nitrogens with one attached hydrogen (secondary N) is 3. The van der Waals surface area contributed by atoms with Gasteiger partial charge in [-0.2, -0.15) is 0 Å². The highest BCUT2D eigenvalue weighted by Crippen LogP contribution is 2.67. The summed E-state index contributed by atoms with van der Waals surface area (Å²) in [5.41, 5.74) is 3.77. The SMILES string of the molecule is COc1cc2cc(C(=O)N3CC4CC45C3=CC(=O)c3[nH]c(C(=O)N4CCc6c4c(O)c(OC)c4[nH]c(SC(C)=O)cc64)cc35)[nH]c2cc1O. The molecule has 2 unspecified atom stereocenters. The third kappa shape index (κ3) is 3.94. The van der Waals surface area contributed by atoms with Crippen LogP contribution >= 0.6 is 11.8 Å². The van der Waals surface area contributed by atoms with Crippen molar-refractivity contribution in [1.29, 1.82) is 0 Å². The molecule has 2 aliphatic carbocycles. The Morgan fingerprint density at radius 1 is 0.980 bits per heavy atom. The minimum Gasteiger partial charge on any atom is -0.504 e. The molecule has 5 aromatic rings. The second-order valence-electron chi connectivity index (χ2n) is 12.9. The fourth-order valence-electron chi connectivity index (χ4n) is 8.15. The van der Waals surface area contributed by atoms with Crippen LogP contribution < -0.4 is 14.4 Å². The topological polar surface area (TPSA) is 181 Å². The smallest absolute Gasteiger partial charge is 0.274 e. The number of fused-ring (bicyclic) bond motifs is 5. The lowest BCUT2D eigenvalue weighted by Gasteiger charge is -2.27. The van der Waals surface area contributed by atoms with Crippen molar-refractivity contribution in [2.24, 2.45) is 5.92 Å². The van der Waals surface area contributed by atoms with Crippen molar-refractivity contribution in [1.82, 2.24) is 19.9 Å². The molecule has 3 aromatic heterocycles. The van der Waals surface area contributed by atoms with Gasteiger partial charge in [0.2, 0.25) is 5.78 Å². The van der Waals surface area contributed by atoms with E-state index in [1.54, 1.807) is 23.1 Å². The van der Waals surface area contributed by atoms with Crippen LogP contribution in [0.5, 0.6) is 23.0 Å². The van der Waals surface area contributed by atoms with E-state index >= 15 is 0 Å². The Bertz CT molecular complexity index is 2400. The number of anilines is 1. The molecule has 5 heterocycles. The molecule has 2 atom stereocenters. The predicted molar refractivity (Wildman–Crippen MR) is 179 cm³/mol. The maximum absolute atomic E-state index is 14.2. The molecule has 0 bridgehead atoms. The van der Waals surface area contributed by atoms with Gasteiger partial charge in [-0.3, -0.25) is 19.2 Å². The van der Waals surface area contributed by atoms with E-state index < -0.39 is 11.3 Å². The van der Waals surface area contributed by atoms with Crippen LogP contribution in [0.1, 0.15) is 55.9 Å². The predicted octanol–water partition coefficient (Wildman–Crippen LogP) is 4.74. The molecule has 2 aliphatic heterocycles. The largest absolute Gasteiger partial charge is 0.504 e. The van der Waals surface area contributed by atoms with Crippen LogP contribution in [0.3, 0.4) is 0 Å². The molecule has 2 aromatic carbocycles. The monoisotopic (exact) mass is 679 g/mol. The van der Waals surface area contributed by atoms with Crippen molar-refractivity contribution in [3.63, 3.8) is 0 Å². The maximum atomic E-state index is 14.2. The van der Waals surface area contributed by atoms with E-state index in [1.165, 1.54) is 38.2 Å². The number of piperidine rings is 1. The third-order valence-corrected chi connectivity index (χ3v) is 11.1. The Balaban J connectivity index is 1.04. The lowest BCUT2D eigenvalue weighted by atomic mass is 9.85. The molecule has 248 valence electrons. The summed E-state index contributed by atoms with van der Waals surface area (Å²) < 4.78 is 10.8. The highest BCUT2D eigenvalue weighted by Gasteiger charge is 2.68. The Kier molecular flexibility index (Phi) is 5.99. The zero-order chi connectivity index (χ0) is 34.1. The Morgan fingerprint density at radius 2 is 1.76 bits per heavy atom. The highest BCUT2D eigenvalue weighted by atomic mass is 32.2. The molecule has 9 rings (SSSR count). The summed E-state index contributed by atoms with van der Waals surface area (Å²) >= 11 is 1.03. The van der Waals surface area contributed by atoms with E-state index in [0.29, 0.717) is 68.5 Å². The minimum atomic E-state index is -0.572. The minimum absolute atomic E-state index is 0.0504. The normalized spacial score (nSPS) is 20.3. The zero-order valence-electron chi connectivity index (χ0n) is 26.5. The summed E-state index contributed by atoms with van der Waals surface area (Å²) in [6.07, 6.45) is 2.70. The number of allylic oxidation sites excluding steroid dienone is 2. The average Bonchev–Trinajstić information content (AvgIpc) is 3.69. The van der Waals surface area contributed by atoms with Crippen LogP contribution in [0.15, 0.2) is 47.1 Å².